The predicted octanol–water partition coefficient (Wildman–Crippen LogP) is -38.6. The second-order valence-electron chi connectivity index (χ2n) is 30.6. The van der Waals surface area contributed by atoms with E-state index in [0.717, 1.165) is 82.3 Å². The van der Waals surface area contributed by atoms with Crippen molar-refractivity contribution >= 4 is 124 Å². The zero-order chi connectivity index (χ0) is 91.5. The van der Waals surface area contributed by atoms with Gasteiger partial charge in [0.15, 0.2) is 50.3 Å². The van der Waals surface area contributed by atoms with Gasteiger partial charge in [-0.05, 0) is 99.3 Å². The summed E-state index contributed by atoms with van der Waals surface area (Å²) in [5.74, 6) is -14.8. The van der Waals surface area contributed by atoms with Crippen LogP contribution in [0, 0.1) is 0 Å². The van der Waals surface area contributed by atoms with Crippen molar-refractivity contribution in [1.29, 1.82) is 0 Å². The van der Waals surface area contributed by atoms with Crippen LogP contribution in [0.1, 0.15) is 44.9 Å². The first-order valence-corrected chi connectivity index (χ1v) is 47.8. The molecular formula is C71H106NNa7O46S7. The van der Waals surface area contributed by atoms with E-state index in [1.54, 1.807) is 0 Å². The normalized spacial score (nSPS) is 40.1. The second kappa shape index (κ2) is 65.4. The average molecular weight is 2090 g/mol. The number of aliphatic hydroxyl groups is 16. The van der Waals surface area contributed by atoms with E-state index in [1.165, 1.54) is 19.0 Å². The van der Waals surface area contributed by atoms with E-state index in [0.29, 0.717) is 0 Å². The van der Waals surface area contributed by atoms with Gasteiger partial charge in [-0.3, -0.25) is 0 Å². The zero-order valence-electron chi connectivity index (χ0n) is 73.9. The van der Waals surface area contributed by atoms with Gasteiger partial charge in [-0.1, -0.05) is 0 Å². The molecule has 40 atom stereocenters. The van der Waals surface area contributed by atoms with Crippen LogP contribution in [-0.2, 0) is 109 Å². The quantitative estimate of drug-likeness (QED) is 0.0203. The summed E-state index contributed by atoms with van der Waals surface area (Å²) in [6.45, 7) is -0.274. The Morgan fingerprint density at radius 1 is 0.205 bits per heavy atom. The number of ether oxygens (including phenoxy) is 16. The summed E-state index contributed by atoms with van der Waals surface area (Å²) in [4.78, 5) is 83.1. The van der Waals surface area contributed by atoms with Crippen LogP contribution < -0.4 is 243 Å². The van der Waals surface area contributed by atoms with Gasteiger partial charge in [-0.2, -0.15) is 82.3 Å². The molecule has 0 spiro atoms. The molecule has 0 aliphatic carbocycles. The number of nitrogens with zero attached hydrogens (tertiary/aromatic N) is 1. The maximum Gasteiger partial charge on any atom is 1.00 e. The maximum absolute atomic E-state index is 12.2. The first kappa shape index (κ1) is 132. The van der Waals surface area contributed by atoms with Crippen molar-refractivity contribution in [2.24, 2.45) is 0 Å². The topological polar surface area (TPSA) is 756 Å². The predicted molar refractivity (Wildman–Crippen MR) is 412 cm³/mol. The number of hydrogen-bond donors (Lipinski definition) is 16. The summed E-state index contributed by atoms with van der Waals surface area (Å²) in [6, 6.07) is 0. The molecular weight excluding hydrogens is 1990 g/mol. The molecule has 0 amide bonds. The molecule has 47 nitrogen and oxygen atoms in total. The molecule has 30 aliphatic heterocycles. The molecule has 30 rings (SSSR count). The Labute approximate surface area is 942 Å². The summed E-state index contributed by atoms with van der Waals surface area (Å²) >= 11 is 5.91. The summed E-state index contributed by atoms with van der Waals surface area (Å²) in [5, 5.41) is 276. The van der Waals surface area contributed by atoms with Crippen molar-refractivity contribution < 1.29 is 434 Å². The van der Waals surface area contributed by atoms with Crippen molar-refractivity contribution in [1.82, 2.24) is 4.90 Å². The number of carboxylic acid groups (broad SMARTS) is 7. The summed E-state index contributed by atoms with van der Waals surface area (Å²) < 4.78 is 99.8. The number of thioether (sulfide) groups is 7. The Morgan fingerprint density at radius 2 is 0.318 bits per heavy atom. The third kappa shape index (κ3) is 38.5. The van der Waals surface area contributed by atoms with Crippen LogP contribution in [-0.4, -0.2) is 475 Å². The third-order valence-corrected chi connectivity index (χ3v) is 28.5. The van der Waals surface area contributed by atoms with Gasteiger partial charge in [0, 0.05) is 88.6 Å². The van der Waals surface area contributed by atoms with Crippen molar-refractivity contribution in [3.63, 3.8) is 0 Å². The van der Waals surface area contributed by atoms with Crippen LogP contribution in [0.3, 0.4) is 0 Å². The molecule has 30 saturated heterocycles. The van der Waals surface area contributed by atoms with Gasteiger partial charge < -0.3 is 232 Å². The van der Waals surface area contributed by atoms with Gasteiger partial charge in [0.1, 0.15) is 153 Å². The van der Waals surface area contributed by atoms with Gasteiger partial charge >= 0.3 is 207 Å². The number of aliphatic hydroxyl groups excluding tert-OH is 16. The largest absolute Gasteiger partial charge is 1.00 e. The number of hydrogen-bond acceptors (Lipinski definition) is 54. The number of carboxylic acids is 7. The monoisotopic (exact) mass is 2090 g/mol. The van der Waals surface area contributed by atoms with Crippen LogP contribution in [0.4, 0.5) is 0 Å². The molecule has 30 fully saturated rings. The van der Waals surface area contributed by atoms with E-state index in [9.17, 15) is 151 Å². The smallest absolute Gasteiger partial charge is 0.550 e. The zero-order valence-corrected chi connectivity index (χ0v) is 93.6. The van der Waals surface area contributed by atoms with Gasteiger partial charge in [0.05, 0.1) is 42.7 Å². The van der Waals surface area contributed by atoms with Gasteiger partial charge in [-0.15, -0.1) is 0 Å². The standard InChI is InChI=1S/C71H113NO46S7.7Na/c1-72(2)17-25-56-40(87)48(95)64(103-25)112-57-26(18-119-10-3-33(73)74)105-66(50(97)42(57)89)114-59-28(20-121-12-5-35(77)78)107-68(52(99)44(59)91)116-61-30(22-123-14-7-37(81)82)109-70(54(101)46(61)93)118-63-32(24-125-16-9-39(85)86)110-71(55(102)47(63)94)117-62-31(23-124-15-8-38(83)84)108-69(53(100)45(62)92)115-60-29(21-122-13-6-36(79)80)106-67(51(98)43(60)90)113-58-27(19-120-11-4-34(75)76)104-65(111-56)49(96)41(58)88;;;;;;;/h25-32,40-71,87-102H,3-24H2,1-2H3,(H,73,74)(H,75,76)(H,77,78)(H,79,80)(H,81,82)(H,83,84)(H,85,86);;;;;;;/q;7*+1/p-7/t25-,26-,27-,28-,29-,30-,31-,32-,40-,41-,42-,43-,44-,45-,46-,47-,48-,49-,50-,51-,52-,53-,54-,55-,56-,57-,58-,59-,60-,61-,62-,63-,64-,65-,66-,67-,68-,69-,70-,71-;;;;;;;/m1......./s1. The minimum atomic E-state index is -2.35. The summed E-state index contributed by atoms with van der Waals surface area (Å²) in [5.41, 5.74) is 0. The minimum Gasteiger partial charge on any atom is -0.550 e. The van der Waals surface area contributed by atoms with Gasteiger partial charge in [0.25, 0.3) is 0 Å². The van der Waals surface area contributed by atoms with Crippen LogP contribution in [0.5, 0.6) is 0 Å². The van der Waals surface area contributed by atoms with Crippen molar-refractivity contribution in [2.75, 3.05) is 101 Å². The maximum atomic E-state index is 12.2. The molecule has 0 radical (unpaired) electrons. The Hall–Kier alpha value is 4.42. The van der Waals surface area contributed by atoms with Crippen molar-refractivity contribution in [3.05, 3.63) is 0 Å². The van der Waals surface area contributed by atoms with Crippen molar-refractivity contribution in [2.45, 2.75) is 291 Å². The fraction of sp³-hybridized carbons (Fsp3) is 0.901. The number of rotatable bonds is 37. The first-order chi connectivity index (χ1) is 59.2. The number of carbonyl (C=O) groups excluding carboxylic acids is 7. The molecule has 0 saturated carbocycles. The van der Waals surface area contributed by atoms with Crippen LogP contribution >= 0.6 is 82.3 Å². The van der Waals surface area contributed by atoms with Crippen molar-refractivity contribution in [3.8, 4) is 0 Å². The van der Waals surface area contributed by atoms with E-state index >= 15 is 0 Å². The molecule has 0 aromatic heterocycles. The molecule has 61 heteroatoms. The Balaban J connectivity index is 0.00000842. The van der Waals surface area contributed by atoms with E-state index in [-0.39, 0.29) is 265 Å². The molecule has 30 heterocycles. The van der Waals surface area contributed by atoms with Gasteiger partial charge in [0.2, 0.25) is 0 Å². The van der Waals surface area contributed by atoms with E-state index < -0.39 is 361 Å². The molecule has 0 unspecified atom stereocenters. The van der Waals surface area contributed by atoms with E-state index in [4.69, 9.17) is 75.8 Å². The van der Waals surface area contributed by atoms with E-state index in [2.05, 4.69) is 0 Å². The summed E-state index contributed by atoms with van der Waals surface area (Å²) in [6.07, 6.45) is -85.9. The third-order valence-electron chi connectivity index (χ3n) is 21.1. The molecule has 16 bridgehead atoms. The molecule has 0 aromatic rings. The second-order valence-corrected chi connectivity index (χ2v) is 38.7. The fourth-order valence-corrected chi connectivity index (χ4v) is 21.5. The fourth-order valence-electron chi connectivity index (χ4n) is 14.7. The van der Waals surface area contributed by atoms with Gasteiger partial charge in [-0.25, -0.2) is 0 Å². The SMILES string of the molecule is CN(C)C[C@H]1O[C@@H]2O[C@H]3[C@H](O)[C@@H](O)[C@@H](O[C@H]4[C@H](O)[C@@H](O)[C@@H](O[C@H]5[C@H](O)[C@@H](O)[C@@H](O[C@H]6[C@H](O)[C@@H](O)[C@@H](O[C@H]7[C@H](O)[C@@H](O)[C@@H](O[C@H]8[C@H](O)[C@@H](O)[C@@H](O[C@H]9[C@H](O)[C@@H](O)[C@@H](O[C@H]1[C@H](O)[C@H]2O)O[C@@H]9CSCCC(=O)[O-])O[C@@H]8CSCCC(=O)[O-])O[C@@H]7CSCCC(=O)[O-])O[C@@H]6CSCCC(=O)[O-])O[C@@H]5CSCCC(=O)[O-])O[C@@H]4CSCCC(=O)[O-])O[C@@H]3CSCCC(=O)[O-].[Na+].[Na+].[Na+].[Na+].[Na+].[Na+].[Na+]. The molecule has 16 N–H and O–H groups in total. The molecule has 0 aromatic carbocycles. The molecule has 720 valence electrons. The molecule has 132 heavy (non-hydrogen) atoms. The number of likely N-dealkylation sites (N-methyl/N-ethyl adjacent to an activating group) is 1. The minimum absolute atomic E-state index is 0. The first-order valence-electron chi connectivity index (χ1n) is 39.7. The molecule has 30 aliphatic rings. The van der Waals surface area contributed by atoms with Crippen LogP contribution in [0.2, 0.25) is 0 Å². The Bertz CT molecular complexity index is 3270. The Morgan fingerprint density at radius 3 is 0.432 bits per heavy atom. The Kier molecular flexibility index (Phi) is 65.6. The van der Waals surface area contributed by atoms with E-state index in [1.807, 2.05) is 0 Å². The number of carbonyl (C=O) groups is 7. The average Bonchev–Trinajstić information content (AvgIpc) is 0.769. The van der Waals surface area contributed by atoms with Crippen LogP contribution in [0.25, 0.3) is 0 Å². The number of aliphatic carboxylic acids is 7. The van der Waals surface area contributed by atoms with Crippen LogP contribution in [0.15, 0.2) is 0 Å². The summed E-state index contributed by atoms with van der Waals surface area (Å²) in [7, 11) is 3.05.